The number of esters is 1. The summed E-state index contributed by atoms with van der Waals surface area (Å²) in [6, 6.07) is 7.84. The van der Waals surface area contributed by atoms with Crippen molar-refractivity contribution in [3.8, 4) is 6.07 Å². The Morgan fingerprint density at radius 1 is 1.67 bits per heavy atom. The highest BCUT2D eigenvalue weighted by Crippen LogP contribution is 2.27. The fourth-order valence-electron chi connectivity index (χ4n) is 1.54. The molecular formula is C12H11N3O2S. The first-order valence-electron chi connectivity index (χ1n) is 5.26. The Bertz CT molecular complexity index is 603. The van der Waals surface area contributed by atoms with E-state index >= 15 is 0 Å². The van der Waals surface area contributed by atoms with Crippen LogP contribution >= 0.6 is 11.8 Å². The van der Waals surface area contributed by atoms with E-state index in [9.17, 15) is 4.79 Å². The Balaban J connectivity index is 2.23. The first kappa shape index (κ1) is 12.5. The van der Waals surface area contributed by atoms with Gasteiger partial charge in [-0.25, -0.2) is 4.98 Å². The van der Waals surface area contributed by atoms with Gasteiger partial charge in [0.25, 0.3) is 0 Å². The Kier molecular flexibility index (Phi) is 3.85. The molecule has 0 spiro atoms. The lowest BCUT2D eigenvalue weighted by molar-refractivity contribution is -0.137. The standard InChI is InChI=1S/C12H11N3O2S/c1-17-11(16)8-18-10(6-13)12-14-7-9-4-2-3-5-15(9)12/h2-5,7,10H,8H2,1H3. The molecular weight excluding hydrogens is 250 g/mol. The number of carbonyl (C=O) groups is 1. The molecule has 92 valence electrons. The molecule has 2 rings (SSSR count). The van der Waals surface area contributed by atoms with Crippen molar-refractivity contribution in [2.75, 3.05) is 12.9 Å². The molecule has 0 aliphatic heterocycles. The number of thioether (sulfide) groups is 1. The third kappa shape index (κ3) is 2.46. The average Bonchev–Trinajstić information content (AvgIpc) is 2.83. The van der Waals surface area contributed by atoms with Crippen molar-refractivity contribution in [3.63, 3.8) is 0 Å². The smallest absolute Gasteiger partial charge is 0.315 e. The van der Waals surface area contributed by atoms with Gasteiger partial charge in [-0.1, -0.05) is 6.07 Å². The number of hydrogen-bond donors (Lipinski definition) is 0. The van der Waals surface area contributed by atoms with E-state index in [2.05, 4.69) is 15.8 Å². The lowest BCUT2D eigenvalue weighted by Crippen LogP contribution is -2.07. The molecule has 5 nitrogen and oxygen atoms in total. The zero-order valence-electron chi connectivity index (χ0n) is 9.74. The van der Waals surface area contributed by atoms with E-state index in [1.165, 1.54) is 18.9 Å². The number of rotatable bonds is 4. The number of ether oxygens (including phenoxy) is 1. The zero-order valence-corrected chi connectivity index (χ0v) is 10.6. The highest BCUT2D eigenvalue weighted by Gasteiger charge is 2.18. The molecule has 6 heteroatoms. The molecule has 18 heavy (non-hydrogen) atoms. The summed E-state index contributed by atoms with van der Waals surface area (Å²) in [6.07, 6.45) is 3.55. The van der Waals surface area contributed by atoms with Crippen molar-refractivity contribution in [1.29, 1.82) is 5.26 Å². The van der Waals surface area contributed by atoms with Crippen LogP contribution in [0.25, 0.3) is 5.52 Å². The largest absolute Gasteiger partial charge is 0.468 e. The maximum absolute atomic E-state index is 11.1. The number of carbonyl (C=O) groups excluding carboxylic acids is 1. The molecule has 0 aliphatic carbocycles. The third-order valence-electron chi connectivity index (χ3n) is 2.41. The van der Waals surface area contributed by atoms with Gasteiger partial charge in [0.15, 0.2) is 5.25 Å². The molecule has 2 aromatic heterocycles. The summed E-state index contributed by atoms with van der Waals surface area (Å²) >= 11 is 1.21. The van der Waals surface area contributed by atoms with Crippen LogP contribution in [0.5, 0.6) is 0 Å². The number of pyridine rings is 1. The fourth-order valence-corrected chi connectivity index (χ4v) is 2.36. The maximum Gasteiger partial charge on any atom is 0.315 e. The lowest BCUT2D eigenvalue weighted by atomic mass is 10.4. The van der Waals surface area contributed by atoms with Gasteiger partial charge in [-0.3, -0.25) is 4.79 Å². The molecule has 0 aliphatic rings. The SMILES string of the molecule is COC(=O)CSC(C#N)c1ncc2ccccn12. The molecule has 1 unspecified atom stereocenters. The number of nitrogens with zero attached hydrogens (tertiary/aromatic N) is 3. The molecule has 0 saturated carbocycles. The maximum atomic E-state index is 11.1. The Hall–Kier alpha value is -2.00. The van der Waals surface area contributed by atoms with Crippen LogP contribution in [0.1, 0.15) is 11.1 Å². The van der Waals surface area contributed by atoms with Gasteiger partial charge in [-0.05, 0) is 12.1 Å². The Morgan fingerprint density at radius 2 is 2.50 bits per heavy atom. The molecule has 1 atom stereocenters. The molecule has 0 N–H and O–H groups in total. The minimum absolute atomic E-state index is 0.135. The van der Waals surface area contributed by atoms with Gasteiger partial charge in [-0.15, -0.1) is 11.8 Å². The van der Waals surface area contributed by atoms with E-state index < -0.39 is 5.25 Å². The Morgan fingerprint density at radius 3 is 3.22 bits per heavy atom. The summed E-state index contributed by atoms with van der Waals surface area (Å²) in [5, 5.41) is 8.67. The normalized spacial score (nSPS) is 12.0. The van der Waals surface area contributed by atoms with Crippen LogP contribution in [-0.2, 0) is 9.53 Å². The topological polar surface area (TPSA) is 67.4 Å². The van der Waals surface area contributed by atoms with Crippen molar-refractivity contribution in [1.82, 2.24) is 9.38 Å². The quantitative estimate of drug-likeness (QED) is 0.785. The van der Waals surface area contributed by atoms with Crippen LogP contribution in [0, 0.1) is 11.3 Å². The predicted octanol–water partition coefficient (Wildman–Crippen LogP) is 1.81. The number of imidazole rings is 1. The average molecular weight is 261 g/mol. The molecule has 0 amide bonds. The molecule has 0 radical (unpaired) electrons. The van der Waals surface area contributed by atoms with Gasteiger partial charge in [0, 0.05) is 6.20 Å². The monoisotopic (exact) mass is 261 g/mol. The number of hydrogen-bond acceptors (Lipinski definition) is 5. The third-order valence-corrected chi connectivity index (χ3v) is 3.47. The van der Waals surface area contributed by atoms with Crippen LogP contribution in [0.4, 0.5) is 0 Å². The van der Waals surface area contributed by atoms with Crippen molar-refractivity contribution in [2.45, 2.75) is 5.25 Å². The van der Waals surface area contributed by atoms with Crippen molar-refractivity contribution < 1.29 is 9.53 Å². The highest BCUT2D eigenvalue weighted by atomic mass is 32.2. The van der Waals surface area contributed by atoms with Crippen LogP contribution < -0.4 is 0 Å². The van der Waals surface area contributed by atoms with Crippen LogP contribution in [-0.4, -0.2) is 28.2 Å². The van der Waals surface area contributed by atoms with E-state index in [0.717, 1.165) is 5.52 Å². The van der Waals surface area contributed by atoms with E-state index in [4.69, 9.17) is 5.26 Å². The minimum Gasteiger partial charge on any atom is -0.468 e. The van der Waals surface area contributed by atoms with Crippen LogP contribution in [0.2, 0.25) is 0 Å². The minimum atomic E-state index is -0.492. The number of methoxy groups -OCH3 is 1. The summed E-state index contributed by atoms with van der Waals surface area (Å²) in [6.45, 7) is 0. The second kappa shape index (κ2) is 5.56. The molecule has 2 heterocycles. The number of nitriles is 1. The molecule has 0 fully saturated rings. The Labute approximate surface area is 108 Å². The lowest BCUT2D eigenvalue weighted by Gasteiger charge is -2.07. The van der Waals surface area contributed by atoms with Gasteiger partial charge in [-0.2, -0.15) is 5.26 Å². The van der Waals surface area contributed by atoms with Gasteiger partial charge in [0.2, 0.25) is 0 Å². The van der Waals surface area contributed by atoms with Crippen molar-refractivity contribution in [2.24, 2.45) is 0 Å². The van der Waals surface area contributed by atoms with Gasteiger partial charge < -0.3 is 9.14 Å². The van der Waals surface area contributed by atoms with E-state index in [1.54, 1.807) is 6.20 Å². The number of aromatic nitrogens is 2. The van der Waals surface area contributed by atoms with Gasteiger partial charge in [0.05, 0.1) is 30.6 Å². The van der Waals surface area contributed by atoms with Crippen LogP contribution in [0.3, 0.4) is 0 Å². The summed E-state index contributed by atoms with van der Waals surface area (Å²) in [5.41, 5.74) is 0.923. The first-order valence-corrected chi connectivity index (χ1v) is 6.31. The molecule has 0 aromatic carbocycles. The summed E-state index contributed by atoms with van der Waals surface area (Å²) in [5.74, 6) is 0.416. The molecule has 0 bridgehead atoms. The van der Waals surface area contributed by atoms with Gasteiger partial charge >= 0.3 is 5.97 Å². The zero-order chi connectivity index (χ0) is 13.0. The van der Waals surface area contributed by atoms with E-state index in [1.807, 2.05) is 28.8 Å². The van der Waals surface area contributed by atoms with Crippen LogP contribution in [0.15, 0.2) is 30.6 Å². The predicted molar refractivity (Wildman–Crippen MR) is 68.0 cm³/mol. The molecule has 0 saturated heterocycles. The van der Waals surface area contributed by atoms with Crippen molar-refractivity contribution in [3.05, 3.63) is 36.4 Å². The van der Waals surface area contributed by atoms with E-state index in [0.29, 0.717) is 5.82 Å². The fraction of sp³-hybridized carbons (Fsp3) is 0.250. The number of fused-ring (bicyclic) bond motifs is 1. The second-order valence-corrected chi connectivity index (χ2v) is 4.60. The summed E-state index contributed by atoms with van der Waals surface area (Å²) < 4.78 is 6.40. The highest BCUT2D eigenvalue weighted by molar-refractivity contribution is 8.00. The summed E-state index contributed by atoms with van der Waals surface area (Å²) in [7, 11) is 1.33. The summed E-state index contributed by atoms with van der Waals surface area (Å²) in [4.78, 5) is 15.3. The van der Waals surface area contributed by atoms with E-state index in [-0.39, 0.29) is 11.7 Å². The first-order chi connectivity index (χ1) is 8.76. The van der Waals surface area contributed by atoms with Gasteiger partial charge in [0.1, 0.15) is 5.82 Å². The second-order valence-electron chi connectivity index (χ2n) is 3.51. The molecule has 2 aromatic rings. The van der Waals surface area contributed by atoms with Crippen molar-refractivity contribution >= 4 is 23.2 Å².